The Hall–Kier alpha value is -0.450. The van der Waals surface area contributed by atoms with Gasteiger partial charge >= 0.3 is 0 Å². The molecule has 1 heterocycles. The standard InChI is InChI=1S/C12H23N3S/c1-10-11(16-9-14-10)6-7-13-8-12(2,3)15(4)5/h9,13H,6-8H2,1-5H3. The molecule has 0 fully saturated rings. The quantitative estimate of drug-likeness (QED) is 0.771. The van der Waals surface area contributed by atoms with Gasteiger partial charge in [-0.05, 0) is 41.3 Å². The smallest absolute Gasteiger partial charge is 0.0797 e. The maximum atomic E-state index is 4.25. The van der Waals surface area contributed by atoms with E-state index in [9.17, 15) is 0 Å². The third-order valence-electron chi connectivity index (χ3n) is 3.14. The largest absolute Gasteiger partial charge is 0.315 e. The van der Waals surface area contributed by atoms with Gasteiger partial charge in [0.25, 0.3) is 0 Å². The molecule has 1 rings (SSSR count). The topological polar surface area (TPSA) is 28.2 Å². The fourth-order valence-corrected chi connectivity index (χ4v) is 2.10. The van der Waals surface area contributed by atoms with Crippen LogP contribution in [0.15, 0.2) is 5.51 Å². The molecular formula is C12H23N3S. The summed E-state index contributed by atoms with van der Waals surface area (Å²) in [7, 11) is 4.24. The molecule has 0 radical (unpaired) electrons. The van der Waals surface area contributed by atoms with Crippen LogP contribution < -0.4 is 5.32 Å². The average molecular weight is 241 g/mol. The molecule has 0 unspecified atom stereocenters. The first kappa shape index (κ1) is 13.6. The van der Waals surface area contributed by atoms with Crippen LogP contribution in [-0.4, -0.2) is 42.6 Å². The van der Waals surface area contributed by atoms with E-state index < -0.39 is 0 Å². The van der Waals surface area contributed by atoms with Crippen LogP contribution in [-0.2, 0) is 6.42 Å². The summed E-state index contributed by atoms with van der Waals surface area (Å²) in [5, 5.41) is 3.51. The lowest BCUT2D eigenvalue weighted by molar-refractivity contribution is 0.190. The molecule has 3 nitrogen and oxygen atoms in total. The van der Waals surface area contributed by atoms with Crippen molar-refractivity contribution in [1.82, 2.24) is 15.2 Å². The van der Waals surface area contributed by atoms with E-state index in [1.165, 1.54) is 10.6 Å². The minimum atomic E-state index is 0.211. The number of hydrogen-bond acceptors (Lipinski definition) is 4. The highest BCUT2D eigenvalue weighted by Crippen LogP contribution is 2.12. The Balaban J connectivity index is 2.25. The maximum Gasteiger partial charge on any atom is 0.0797 e. The summed E-state index contributed by atoms with van der Waals surface area (Å²) in [6, 6.07) is 0. The third kappa shape index (κ3) is 3.85. The summed E-state index contributed by atoms with van der Waals surface area (Å²) >= 11 is 1.75. The molecule has 16 heavy (non-hydrogen) atoms. The van der Waals surface area contributed by atoms with E-state index in [1.807, 2.05) is 5.51 Å². The van der Waals surface area contributed by atoms with Crippen molar-refractivity contribution < 1.29 is 0 Å². The number of aromatic nitrogens is 1. The van der Waals surface area contributed by atoms with Gasteiger partial charge in [-0.15, -0.1) is 11.3 Å². The summed E-state index contributed by atoms with van der Waals surface area (Å²) in [6.07, 6.45) is 1.08. The van der Waals surface area contributed by atoms with Crippen molar-refractivity contribution in [2.24, 2.45) is 0 Å². The molecule has 0 saturated heterocycles. The third-order valence-corrected chi connectivity index (χ3v) is 4.14. The zero-order chi connectivity index (χ0) is 12.2. The molecule has 4 heteroatoms. The van der Waals surface area contributed by atoms with Crippen LogP contribution in [0.25, 0.3) is 0 Å². The molecule has 0 aliphatic carbocycles. The minimum Gasteiger partial charge on any atom is -0.315 e. The van der Waals surface area contributed by atoms with Gasteiger partial charge in [0, 0.05) is 23.5 Å². The minimum absolute atomic E-state index is 0.211. The highest BCUT2D eigenvalue weighted by Gasteiger charge is 2.19. The van der Waals surface area contributed by atoms with Crippen LogP contribution in [0.4, 0.5) is 0 Å². The number of nitrogens with one attached hydrogen (secondary N) is 1. The van der Waals surface area contributed by atoms with Crippen LogP contribution in [0.5, 0.6) is 0 Å². The summed E-state index contributed by atoms with van der Waals surface area (Å²) in [6.45, 7) is 8.61. The molecule has 0 aromatic carbocycles. The van der Waals surface area contributed by atoms with Crippen LogP contribution in [0.3, 0.4) is 0 Å². The number of nitrogens with zero attached hydrogens (tertiary/aromatic N) is 2. The van der Waals surface area contributed by atoms with E-state index in [-0.39, 0.29) is 5.54 Å². The molecule has 1 N–H and O–H groups in total. The first-order chi connectivity index (χ1) is 7.43. The number of hydrogen-bond donors (Lipinski definition) is 1. The second kappa shape index (κ2) is 5.75. The van der Waals surface area contributed by atoms with E-state index in [2.05, 4.69) is 50.1 Å². The number of likely N-dealkylation sites (N-methyl/N-ethyl adjacent to an activating group) is 1. The molecule has 1 aromatic heterocycles. The molecule has 0 saturated carbocycles. The van der Waals surface area contributed by atoms with Crippen LogP contribution >= 0.6 is 11.3 Å². The second-order valence-corrected chi connectivity index (χ2v) is 5.93. The number of rotatable bonds is 6. The van der Waals surface area contributed by atoms with E-state index in [0.717, 1.165) is 19.5 Å². The van der Waals surface area contributed by atoms with Gasteiger partial charge in [-0.2, -0.15) is 0 Å². The van der Waals surface area contributed by atoms with Crippen LogP contribution in [0.2, 0.25) is 0 Å². The Morgan fingerprint density at radius 1 is 1.44 bits per heavy atom. The van der Waals surface area contributed by atoms with E-state index >= 15 is 0 Å². The van der Waals surface area contributed by atoms with Gasteiger partial charge in [0.2, 0.25) is 0 Å². The van der Waals surface area contributed by atoms with Gasteiger partial charge in [-0.1, -0.05) is 0 Å². The Labute approximate surface area is 103 Å². The molecule has 0 aliphatic rings. The van der Waals surface area contributed by atoms with Crippen molar-refractivity contribution in [3.05, 3.63) is 16.1 Å². The van der Waals surface area contributed by atoms with Crippen LogP contribution in [0, 0.1) is 6.92 Å². The monoisotopic (exact) mass is 241 g/mol. The first-order valence-electron chi connectivity index (χ1n) is 5.70. The Morgan fingerprint density at radius 3 is 2.62 bits per heavy atom. The Morgan fingerprint density at radius 2 is 2.12 bits per heavy atom. The zero-order valence-electron chi connectivity index (χ0n) is 11.0. The molecular weight excluding hydrogens is 218 g/mol. The van der Waals surface area contributed by atoms with Crippen molar-refractivity contribution >= 4 is 11.3 Å². The molecule has 0 amide bonds. The normalized spacial score (nSPS) is 12.4. The molecule has 92 valence electrons. The summed E-state index contributed by atoms with van der Waals surface area (Å²) in [4.78, 5) is 7.90. The van der Waals surface area contributed by atoms with Crippen molar-refractivity contribution in [3.8, 4) is 0 Å². The molecule has 1 aromatic rings. The fraction of sp³-hybridized carbons (Fsp3) is 0.750. The van der Waals surface area contributed by atoms with E-state index in [0.29, 0.717) is 0 Å². The predicted octanol–water partition coefficient (Wildman–Crippen LogP) is 1.92. The average Bonchev–Trinajstić information content (AvgIpc) is 2.59. The van der Waals surface area contributed by atoms with Crippen molar-refractivity contribution in [1.29, 1.82) is 0 Å². The van der Waals surface area contributed by atoms with Gasteiger partial charge in [0.15, 0.2) is 0 Å². The lowest BCUT2D eigenvalue weighted by Gasteiger charge is -2.32. The van der Waals surface area contributed by atoms with Crippen molar-refractivity contribution in [3.63, 3.8) is 0 Å². The number of aryl methyl sites for hydroxylation is 1. The van der Waals surface area contributed by atoms with Gasteiger partial charge in [0.05, 0.1) is 11.2 Å². The molecule has 0 spiro atoms. The SMILES string of the molecule is Cc1ncsc1CCNCC(C)(C)N(C)C. The molecule has 0 bridgehead atoms. The van der Waals surface area contributed by atoms with Gasteiger partial charge in [-0.3, -0.25) is 0 Å². The second-order valence-electron chi connectivity index (χ2n) is 4.99. The lowest BCUT2D eigenvalue weighted by Crippen LogP contribution is -2.47. The van der Waals surface area contributed by atoms with E-state index in [1.54, 1.807) is 11.3 Å². The van der Waals surface area contributed by atoms with Gasteiger partial charge in [0.1, 0.15) is 0 Å². The van der Waals surface area contributed by atoms with Crippen LogP contribution in [0.1, 0.15) is 24.4 Å². The highest BCUT2D eigenvalue weighted by atomic mass is 32.1. The van der Waals surface area contributed by atoms with E-state index in [4.69, 9.17) is 0 Å². The fourth-order valence-electron chi connectivity index (χ4n) is 1.32. The van der Waals surface area contributed by atoms with Gasteiger partial charge < -0.3 is 10.2 Å². The first-order valence-corrected chi connectivity index (χ1v) is 6.58. The zero-order valence-corrected chi connectivity index (χ0v) is 11.8. The van der Waals surface area contributed by atoms with Crippen molar-refractivity contribution in [2.75, 3.05) is 27.2 Å². The Kier molecular flexibility index (Phi) is 4.89. The maximum absolute atomic E-state index is 4.25. The lowest BCUT2D eigenvalue weighted by atomic mass is 10.0. The number of thiazole rings is 1. The van der Waals surface area contributed by atoms with Gasteiger partial charge in [-0.25, -0.2) is 4.98 Å². The Bertz CT molecular complexity index is 318. The molecule has 0 aliphatic heterocycles. The summed E-state index contributed by atoms with van der Waals surface area (Å²) in [5.74, 6) is 0. The molecule has 0 atom stereocenters. The van der Waals surface area contributed by atoms with Crippen molar-refractivity contribution in [2.45, 2.75) is 32.7 Å². The summed E-state index contributed by atoms with van der Waals surface area (Å²) in [5.41, 5.74) is 3.32. The summed E-state index contributed by atoms with van der Waals surface area (Å²) < 4.78 is 0. The predicted molar refractivity (Wildman–Crippen MR) is 71.2 cm³/mol. The highest BCUT2D eigenvalue weighted by molar-refractivity contribution is 7.09.